The molecule has 0 bridgehead atoms. The third-order valence-electron chi connectivity index (χ3n) is 7.39. The second kappa shape index (κ2) is 5.64. The first kappa shape index (κ1) is 17.6. The van der Waals surface area contributed by atoms with Crippen molar-refractivity contribution in [2.45, 2.75) is 78.4 Å². The van der Waals surface area contributed by atoms with E-state index in [0.29, 0.717) is 5.92 Å². The quantitative estimate of drug-likeness (QED) is 0.494. The molecule has 0 radical (unpaired) electrons. The first-order valence-electron chi connectivity index (χ1n) is 9.32. The zero-order valence-corrected chi connectivity index (χ0v) is 15.9. The molecule has 1 saturated heterocycles. The second-order valence-corrected chi connectivity index (χ2v) is 9.22. The number of fused-ring (bicyclic) bond motifs is 2. The minimum atomic E-state index is -0.520. The SMILES string of the molecule is C=C/C(C)=C/C[C@@H]1[C@@]2(C)CCCC(C)(C)[C@@H]2C[C@H]2OC(=O)O[C@@]12C. The van der Waals surface area contributed by atoms with Gasteiger partial charge < -0.3 is 9.47 Å². The van der Waals surface area contributed by atoms with Crippen LogP contribution in [-0.2, 0) is 9.47 Å². The van der Waals surface area contributed by atoms with Gasteiger partial charge in [-0.1, -0.05) is 51.5 Å². The highest BCUT2D eigenvalue weighted by Gasteiger charge is 2.66. The molecule has 0 spiro atoms. The summed E-state index contributed by atoms with van der Waals surface area (Å²) >= 11 is 0. The lowest BCUT2D eigenvalue weighted by atomic mass is 9.44. The molecule has 5 atom stereocenters. The van der Waals surface area contributed by atoms with E-state index in [1.807, 2.05) is 6.08 Å². The number of ether oxygens (including phenoxy) is 2. The fraction of sp³-hybridized carbons (Fsp3) is 0.762. The number of carbonyl (C=O) groups is 1. The molecule has 134 valence electrons. The molecule has 3 nitrogen and oxygen atoms in total. The van der Waals surface area contributed by atoms with Gasteiger partial charge in [0, 0.05) is 5.92 Å². The minimum Gasteiger partial charge on any atom is -0.427 e. The minimum absolute atomic E-state index is 0.122. The molecule has 24 heavy (non-hydrogen) atoms. The molecule has 0 amide bonds. The van der Waals surface area contributed by atoms with E-state index in [4.69, 9.17) is 9.47 Å². The van der Waals surface area contributed by atoms with Crippen molar-refractivity contribution in [3.05, 3.63) is 24.3 Å². The van der Waals surface area contributed by atoms with Crippen molar-refractivity contribution in [1.29, 1.82) is 0 Å². The molecular weight excluding hydrogens is 300 g/mol. The largest absolute Gasteiger partial charge is 0.509 e. The molecule has 3 fully saturated rings. The Morgan fingerprint density at radius 1 is 1.29 bits per heavy atom. The monoisotopic (exact) mass is 332 g/mol. The molecule has 1 heterocycles. The van der Waals surface area contributed by atoms with Crippen LogP contribution in [0.15, 0.2) is 24.3 Å². The van der Waals surface area contributed by atoms with Gasteiger partial charge >= 0.3 is 6.16 Å². The molecule has 0 unspecified atom stereocenters. The Bertz CT molecular complexity index is 576. The van der Waals surface area contributed by atoms with E-state index in [9.17, 15) is 4.79 Å². The Morgan fingerprint density at radius 3 is 2.67 bits per heavy atom. The van der Waals surface area contributed by atoms with Gasteiger partial charge in [-0.15, -0.1) is 0 Å². The van der Waals surface area contributed by atoms with E-state index in [2.05, 4.69) is 47.3 Å². The Balaban J connectivity index is 2.04. The zero-order chi connectivity index (χ0) is 17.8. The predicted octanol–water partition coefficient (Wildman–Crippen LogP) is 5.66. The normalized spacial score (nSPS) is 44.1. The molecule has 3 heteroatoms. The standard InChI is InChI=1S/C21H32O3/c1-7-14(2)9-10-15-20(5)12-8-11-19(3,4)16(20)13-17-21(15,6)24-18(22)23-17/h7,9,15-17H,1,8,10-13H2,2-6H3/b14-9+/t15-,16+,17-,20-,21+/m1/s1. The molecule has 2 aliphatic carbocycles. The average molecular weight is 332 g/mol. The second-order valence-electron chi connectivity index (χ2n) is 9.22. The maximum absolute atomic E-state index is 11.9. The van der Waals surface area contributed by atoms with Crippen molar-refractivity contribution >= 4 is 6.16 Å². The third-order valence-corrected chi connectivity index (χ3v) is 7.39. The molecule has 0 N–H and O–H groups in total. The van der Waals surface area contributed by atoms with Crippen LogP contribution in [-0.4, -0.2) is 17.9 Å². The first-order valence-corrected chi connectivity index (χ1v) is 9.32. The highest BCUT2D eigenvalue weighted by atomic mass is 16.8. The number of allylic oxidation sites excluding steroid dienone is 3. The molecule has 0 aromatic rings. The van der Waals surface area contributed by atoms with Crippen molar-refractivity contribution in [3.63, 3.8) is 0 Å². The van der Waals surface area contributed by atoms with Crippen LogP contribution in [0.3, 0.4) is 0 Å². The topological polar surface area (TPSA) is 35.5 Å². The molecule has 1 aliphatic heterocycles. The summed E-state index contributed by atoms with van der Waals surface area (Å²) in [6, 6.07) is 0. The molecule has 0 aromatic heterocycles. The number of rotatable bonds is 3. The lowest BCUT2D eigenvalue weighted by Crippen LogP contribution is -2.62. The number of hydrogen-bond acceptors (Lipinski definition) is 3. The summed E-state index contributed by atoms with van der Waals surface area (Å²) in [5.74, 6) is 0.823. The fourth-order valence-corrected chi connectivity index (χ4v) is 6.01. The van der Waals surface area contributed by atoms with Gasteiger partial charge in [-0.05, 0) is 56.3 Å². The van der Waals surface area contributed by atoms with Gasteiger partial charge in [0.15, 0.2) is 5.60 Å². The maximum atomic E-state index is 11.9. The fourth-order valence-electron chi connectivity index (χ4n) is 6.01. The van der Waals surface area contributed by atoms with Gasteiger partial charge in [0.1, 0.15) is 6.10 Å². The number of hydrogen-bond donors (Lipinski definition) is 0. The van der Waals surface area contributed by atoms with E-state index >= 15 is 0 Å². The Kier molecular flexibility index (Phi) is 4.13. The van der Waals surface area contributed by atoms with Crippen molar-refractivity contribution in [2.24, 2.45) is 22.7 Å². The maximum Gasteiger partial charge on any atom is 0.509 e. The van der Waals surface area contributed by atoms with Crippen LogP contribution in [0, 0.1) is 22.7 Å². The summed E-state index contributed by atoms with van der Waals surface area (Å²) < 4.78 is 11.4. The van der Waals surface area contributed by atoms with Crippen molar-refractivity contribution in [2.75, 3.05) is 0 Å². The average Bonchev–Trinajstić information content (AvgIpc) is 2.77. The van der Waals surface area contributed by atoms with Gasteiger partial charge in [-0.25, -0.2) is 4.79 Å². The van der Waals surface area contributed by atoms with Crippen LogP contribution in [0.25, 0.3) is 0 Å². The van der Waals surface area contributed by atoms with E-state index in [-0.39, 0.29) is 22.9 Å². The molecule has 3 rings (SSSR count). The van der Waals surface area contributed by atoms with Gasteiger partial charge in [-0.2, -0.15) is 0 Å². The van der Waals surface area contributed by atoms with Crippen molar-refractivity contribution < 1.29 is 14.3 Å². The van der Waals surface area contributed by atoms with Crippen LogP contribution >= 0.6 is 0 Å². The van der Waals surface area contributed by atoms with Crippen molar-refractivity contribution in [3.8, 4) is 0 Å². The van der Waals surface area contributed by atoms with Crippen LogP contribution in [0.2, 0.25) is 0 Å². The summed E-state index contributed by atoms with van der Waals surface area (Å²) in [5, 5.41) is 0. The third kappa shape index (κ3) is 2.51. The summed E-state index contributed by atoms with van der Waals surface area (Å²) in [5.41, 5.74) is 1.10. The molecule has 0 aromatic carbocycles. The van der Waals surface area contributed by atoms with Crippen LogP contribution in [0.1, 0.15) is 66.7 Å². The van der Waals surface area contributed by atoms with E-state index in [1.165, 1.54) is 24.8 Å². The van der Waals surface area contributed by atoms with E-state index in [0.717, 1.165) is 12.8 Å². The van der Waals surface area contributed by atoms with Crippen LogP contribution in [0.4, 0.5) is 4.79 Å². The van der Waals surface area contributed by atoms with Crippen molar-refractivity contribution in [1.82, 2.24) is 0 Å². The summed E-state index contributed by atoms with van der Waals surface area (Å²) in [4.78, 5) is 11.9. The lowest BCUT2D eigenvalue weighted by Gasteiger charge is -2.61. The predicted molar refractivity (Wildman–Crippen MR) is 95.7 cm³/mol. The zero-order valence-electron chi connectivity index (χ0n) is 15.9. The smallest absolute Gasteiger partial charge is 0.427 e. The molecular formula is C21H32O3. The van der Waals surface area contributed by atoms with Gasteiger partial charge in [-0.3, -0.25) is 0 Å². The Labute approximate surface area is 146 Å². The Morgan fingerprint density at radius 2 is 2.00 bits per heavy atom. The first-order chi connectivity index (χ1) is 11.1. The van der Waals surface area contributed by atoms with Crippen LogP contribution < -0.4 is 0 Å². The summed E-state index contributed by atoms with van der Waals surface area (Å²) in [7, 11) is 0. The molecule has 2 saturated carbocycles. The highest BCUT2D eigenvalue weighted by Crippen LogP contribution is 2.65. The Hall–Kier alpha value is -1.25. The number of carbonyl (C=O) groups excluding carboxylic acids is 1. The lowest BCUT2D eigenvalue weighted by molar-refractivity contribution is -0.173. The summed E-state index contributed by atoms with van der Waals surface area (Å²) in [6.07, 6.45) is 9.06. The summed E-state index contributed by atoms with van der Waals surface area (Å²) in [6.45, 7) is 15.2. The van der Waals surface area contributed by atoms with E-state index in [1.54, 1.807) is 0 Å². The highest BCUT2D eigenvalue weighted by molar-refractivity contribution is 5.63. The van der Waals surface area contributed by atoms with Gasteiger partial charge in [0.05, 0.1) is 0 Å². The van der Waals surface area contributed by atoms with Crippen LogP contribution in [0.5, 0.6) is 0 Å². The molecule has 3 aliphatic rings. The van der Waals surface area contributed by atoms with E-state index < -0.39 is 11.8 Å². The van der Waals surface area contributed by atoms with Gasteiger partial charge in [0.2, 0.25) is 0 Å². The van der Waals surface area contributed by atoms with Gasteiger partial charge in [0.25, 0.3) is 0 Å².